The summed E-state index contributed by atoms with van der Waals surface area (Å²) in [6.45, 7) is 6.79. The Balaban J connectivity index is 1.14. The summed E-state index contributed by atoms with van der Waals surface area (Å²) >= 11 is 0. The Morgan fingerprint density at radius 2 is 1.85 bits per heavy atom. The second-order valence-electron chi connectivity index (χ2n) is 12.7. The molecule has 3 aliphatic rings. The molecule has 248 valence electrons. The normalized spacial score (nSPS) is 21.0. The Morgan fingerprint density at radius 3 is 2.69 bits per heavy atom. The lowest BCUT2D eigenvalue weighted by Crippen LogP contribution is -2.55. The number of carbonyl (C=O) groups excluding carboxylic acids is 1. The van der Waals surface area contributed by atoms with Gasteiger partial charge in [-0.2, -0.15) is 15.2 Å². The van der Waals surface area contributed by atoms with E-state index in [9.17, 15) is 10.1 Å². The predicted octanol–water partition coefficient (Wildman–Crippen LogP) is 4.69. The predicted molar refractivity (Wildman–Crippen MR) is 183 cm³/mol. The first-order valence-corrected chi connectivity index (χ1v) is 16.7. The maximum atomic E-state index is 13.2. The van der Waals surface area contributed by atoms with Crippen molar-refractivity contribution in [3.8, 4) is 12.1 Å². The molecule has 0 unspecified atom stereocenters. The fraction of sp³-hybridized carbons (Fsp3) is 0.405. The van der Waals surface area contributed by atoms with Crippen molar-refractivity contribution >= 4 is 28.4 Å². The largest absolute Gasteiger partial charge is 0.461 e. The van der Waals surface area contributed by atoms with E-state index in [0.29, 0.717) is 58.0 Å². The smallest absolute Gasteiger partial charge is 0.410 e. The third-order valence-corrected chi connectivity index (χ3v) is 9.35. The molecular formula is C37H41N7O4. The van der Waals surface area contributed by atoms with Crippen LogP contribution in [0.25, 0.3) is 10.8 Å². The van der Waals surface area contributed by atoms with Crippen LogP contribution < -0.4 is 19.9 Å². The molecule has 1 aromatic heterocycles. The maximum absolute atomic E-state index is 13.2. The van der Waals surface area contributed by atoms with Crippen LogP contribution in [0.3, 0.4) is 0 Å². The van der Waals surface area contributed by atoms with E-state index in [2.05, 4.69) is 70.6 Å². The van der Waals surface area contributed by atoms with Crippen molar-refractivity contribution in [3.63, 3.8) is 0 Å². The van der Waals surface area contributed by atoms with Gasteiger partial charge in [-0.1, -0.05) is 66.7 Å². The van der Waals surface area contributed by atoms with Crippen molar-refractivity contribution in [1.29, 1.82) is 5.26 Å². The minimum absolute atomic E-state index is 0.0954. The first-order valence-electron chi connectivity index (χ1n) is 16.7. The van der Waals surface area contributed by atoms with Gasteiger partial charge in [0.1, 0.15) is 25.1 Å². The standard InChI is InChI=1S/C37H41N7O4/c1-26-23-46-30(20-39-26)25-47-36-40-33-22-42(34-13-7-11-28-10-5-6-12-31(28)34)17-15-32(33)35(41-36)43-18-19-44(29(21-43)14-16-38)37(45)48-24-27-8-3-2-4-9-27/h2-13,26,29-30,39H,14-15,17-25H2,1H3/t26-,29-,30+/m0/s1. The highest BCUT2D eigenvalue weighted by Gasteiger charge is 2.35. The van der Waals surface area contributed by atoms with Crippen LogP contribution in [0.5, 0.6) is 6.01 Å². The number of amides is 1. The number of nitrogens with one attached hydrogen (secondary N) is 1. The number of ether oxygens (including phenoxy) is 3. The third kappa shape index (κ3) is 7.00. The van der Waals surface area contributed by atoms with Crippen molar-refractivity contribution < 1.29 is 19.0 Å². The van der Waals surface area contributed by atoms with E-state index >= 15 is 0 Å². The van der Waals surface area contributed by atoms with Gasteiger partial charge in [-0.25, -0.2) is 4.79 Å². The zero-order valence-corrected chi connectivity index (χ0v) is 27.3. The van der Waals surface area contributed by atoms with Gasteiger partial charge in [-0.3, -0.25) is 0 Å². The Labute approximate surface area is 281 Å². The van der Waals surface area contributed by atoms with Crippen LogP contribution in [0.1, 0.15) is 30.2 Å². The van der Waals surface area contributed by atoms with E-state index in [-0.39, 0.29) is 25.2 Å². The lowest BCUT2D eigenvalue weighted by molar-refractivity contribution is -0.0182. The number of hydrogen-bond acceptors (Lipinski definition) is 10. The summed E-state index contributed by atoms with van der Waals surface area (Å²) in [5.74, 6) is 0.809. The Morgan fingerprint density at radius 1 is 1.02 bits per heavy atom. The molecular weight excluding hydrogens is 606 g/mol. The number of nitriles is 1. The average Bonchev–Trinajstić information content (AvgIpc) is 3.13. The van der Waals surface area contributed by atoms with Crippen molar-refractivity contribution in [2.24, 2.45) is 0 Å². The molecule has 0 spiro atoms. The second kappa shape index (κ2) is 14.5. The first-order chi connectivity index (χ1) is 23.6. The molecule has 11 nitrogen and oxygen atoms in total. The molecule has 4 heterocycles. The number of nitrogens with zero attached hydrogens (tertiary/aromatic N) is 6. The fourth-order valence-corrected chi connectivity index (χ4v) is 6.78. The van der Waals surface area contributed by atoms with Crippen LogP contribution in [0.4, 0.5) is 16.3 Å². The minimum atomic E-state index is -0.409. The van der Waals surface area contributed by atoms with Gasteiger partial charge in [0.2, 0.25) is 0 Å². The zero-order valence-electron chi connectivity index (χ0n) is 27.3. The number of hydrogen-bond donors (Lipinski definition) is 1. The number of fused-ring (bicyclic) bond motifs is 2. The van der Waals surface area contributed by atoms with Gasteiger partial charge in [0, 0.05) is 55.4 Å². The van der Waals surface area contributed by atoms with E-state index in [1.54, 1.807) is 4.90 Å². The summed E-state index contributed by atoms with van der Waals surface area (Å²) in [6, 6.07) is 27.0. The van der Waals surface area contributed by atoms with E-state index in [0.717, 1.165) is 35.6 Å². The number of carbonyl (C=O) groups is 1. The molecule has 2 fully saturated rings. The van der Waals surface area contributed by atoms with Gasteiger partial charge in [-0.15, -0.1) is 0 Å². The molecule has 4 aromatic rings. The van der Waals surface area contributed by atoms with Gasteiger partial charge < -0.3 is 34.2 Å². The second-order valence-corrected chi connectivity index (χ2v) is 12.7. The Bertz CT molecular complexity index is 1770. The first kappa shape index (κ1) is 31.7. The van der Waals surface area contributed by atoms with Crippen LogP contribution in [0.15, 0.2) is 72.8 Å². The highest BCUT2D eigenvalue weighted by molar-refractivity contribution is 5.94. The van der Waals surface area contributed by atoms with Crippen molar-refractivity contribution in [3.05, 3.63) is 89.6 Å². The van der Waals surface area contributed by atoms with Crippen LogP contribution in [0, 0.1) is 11.3 Å². The molecule has 48 heavy (non-hydrogen) atoms. The van der Waals surface area contributed by atoms with Crippen LogP contribution in [-0.2, 0) is 29.0 Å². The maximum Gasteiger partial charge on any atom is 0.410 e. The minimum Gasteiger partial charge on any atom is -0.461 e. The van der Waals surface area contributed by atoms with Gasteiger partial charge >= 0.3 is 12.1 Å². The molecule has 7 rings (SSSR count). The highest BCUT2D eigenvalue weighted by Crippen LogP contribution is 2.35. The molecule has 3 atom stereocenters. The summed E-state index contributed by atoms with van der Waals surface area (Å²) < 4.78 is 17.9. The quantitative estimate of drug-likeness (QED) is 0.289. The summed E-state index contributed by atoms with van der Waals surface area (Å²) in [4.78, 5) is 29.4. The zero-order chi connectivity index (χ0) is 32.9. The topological polar surface area (TPSA) is 116 Å². The lowest BCUT2D eigenvalue weighted by atomic mass is 10.0. The molecule has 2 saturated heterocycles. The number of benzene rings is 3. The molecule has 0 saturated carbocycles. The SMILES string of the molecule is C[C@H]1CO[C@@H](COc2nc3c(c(N4CCN(C(=O)OCc5ccccc5)[C@@H](CC#N)C4)n2)CCN(c2cccc4ccccc24)C3)CN1. The van der Waals surface area contributed by atoms with E-state index in [1.807, 2.05) is 30.3 Å². The van der Waals surface area contributed by atoms with Gasteiger partial charge in [-0.05, 0) is 30.4 Å². The molecule has 0 radical (unpaired) electrons. The Hall–Kier alpha value is -4.92. The third-order valence-electron chi connectivity index (χ3n) is 9.35. The van der Waals surface area contributed by atoms with Crippen molar-refractivity contribution in [1.82, 2.24) is 20.2 Å². The van der Waals surface area contributed by atoms with Gasteiger partial charge in [0.05, 0.1) is 37.4 Å². The molecule has 0 bridgehead atoms. The lowest BCUT2D eigenvalue weighted by Gasteiger charge is -2.42. The summed E-state index contributed by atoms with van der Waals surface area (Å²) in [5.41, 5.74) is 4.10. The van der Waals surface area contributed by atoms with E-state index in [4.69, 9.17) is 24.2 Å². The number of aromatic nitrogens is 2. The van der Waals surface area contributed by atoms with E-state index < -0.39 is 6.09 Å². The number of anilines is 2. The Kier molecular flexibility index (Phi) is 9.54. The van der Waals surface area contributed by atoms with Crippen molar-refractivity contribution in [2.75, 3.05) is 55.7 Å². The fourth-order valence-electron chi connectivity index (χ4n) is 6.78. The number of piperazine rings is 1. The monoisotopic (exact) mass is 647 g/mol. The molecule has 1 amide bonds. The molecule has 11 heteroatoms. The molecule has 0 aliphatic carbocycles. The molecule has 3 aliphatic heterocycles. The average molecular weight is 648 g/mol. The highest BCUT2D eigenvalue weighted by atomic mass is 16.6. The summed E-state index contributed by atoms with van der Waals surface area (Å²) in [6.07, 6.45) is 0.437. The molecule has 3 aromatic carbocycles. The van der Waals surface area contributed by atoms with Gasteiger partial charge in [0.15, 0.2) is 0 Å². The van der Waals surface area contributed by atoms with Crippen LogP contribution in [-0.4, -0.2) is 85.1 Å². The van der Waals surface area contributed by atoms with Crippen LogP contribution in [0.2, 0.25) is 0 Å². The van der Waals surface area contributed by atoms with Crippen LogP contribution >= 0.6 is 0 Å². The summed E-state index contributed by atoms with van der Waals surface area (Å²) in [5, 5.41) is 15.6. The van der Waals surface area contributed by atoms with Crippen molar-refractivity contribution in [2.45, 2.75) is 51.1 Å². The van der Waals surface area contributed by atoms with E-state index in [1.165, 1.54) is 16.5 Å². The van der Waals surface area contributed by atoms with Gasteiger partial charge in [0.25, 0.3) is 0 Å². The number of morpholine rings is 1. The number of rotatable bonds is 8. The summed E-state index contributed by atoms with van der Waals surface area (Å²) in [7, 11) is 0. The molecule has 1 N–H and O–H groups in total.